The minimum absolute atomic E-state index is 0.698. The van der Waals surface area contributed by atoms with Crippen LogP contribution in [0.3, 0.4) is 0 Å². The van der Waals surface area contributed by atoms with Gasteiger partial charge in [0, 0.05) is 45.1 Å². The van der Waals surface area contributed by atoms with Gasteiger partial charge in [-0.25, -0.2) is 9.97 Å². The van der Waals surface area contributed by atoms with Crippen molar-refractivity contribution in [3.63, 3.8) is 0 Å². The molecule has 0 saturated heterocycles. The zero-order valence-electron chi connectivity index (χ0n) is 42.0. The Bertz CT molecular complexity index is 4130. The Morgan fingerprint density at radius 1 is 0.195 bits per heavy atom. The van der Waals surface area contributed by atoms with Gasteiger partial charge in [0.25, 0.3) is 0 Å². The quantitative estimate of drug-likeness (QED) is 0.101. The van der Waals surface area contributed by atoms with Crippen LogP contribution in [-0.4, -0.2) is 19.9 Å². The van der Waals surface area contributed by atoms with Crippen molar-refractivity contribution in [2.75, 3.05) is 0 Å². The highest BCUT2D eigenvalue weighted by Gasteiger charge is 2.38. The predicted octanol–water partition coefficient (Wildman–Crippen LogP) is 18.3. The molecular weight excluding hydrogens is 933 g/mol. The minimum atomic E-state index is -0.698. The number of benzene rings is 10. The van der Waals surface area contributed by atoms with Crippen LogP contribution in [-0.2, 0) is 5.41 Å². The zero-order valence-corrected chi connectivity index (χ0v) is 42.0. The largest absolute Gasteiger partial charge is 0.254 e. The van der Waals surface area contributed by atoms with Gasteiger partial charge in [0.2, 0.25) is 0 Å². The van der Waals surface area contributed by atoms with Gasteiger partial charge < -0.3 is 0 Å². The second-order valence-corrected chi connectivity index (χ2v) is 19.8. The molecule has 0 fully saturated rings. The molecule has 10 aromatic carbocycles. The maximum atomic E-state index is 5.13. The van der Waals surface area contributed by atoms with Crippen LogP contribution >= 0.6 is 0 Å². The lowest BCUT2D eigenvalue weighted by atomic mass is 9.64. The van der Waals surface area contributed by atoms with E-state index in [1.165, 1.54) is 44.5 Å². The van der Waals surface area contributed by atoms with E-state index < -0.39 is 5.41 Å². The van der Waals surface area contributed by atoms with Crippen molar-refractivity contribution >= 4 is 43.6 Å². The highest BCUT2D eigenvalue weighted by atomic mass is 14.8. The summed E-state index contributed by atoms with van der Waals surface area (Å²) in [6.07, 6.45) is 3.68. The van der Waals surface area contributed by atoms with Gasteiger partial charge in [0.1, 0.15) is 0 Å². The van der Waals surface area contributed by atoms with Gasteiger partial charge in [-0.2, -0.15) is 0 Å². The molecule has 360 valence electrons. The molecule has 0 N–H and O–H groups in total. The van der Waals surface area contributed by atoms with Crippen LogP contribution in [0.25, 0.3) is 111 Å². The lowest BCUT2D eigenvalue weighted by molar-refractivity contribution is 0.745. The molecule has 0 bridgehead atoms. The summed E-state index contributed by atoms with van der Waals surface area (Å²) in [5, 5.41) is 4.33. The van der Waals surface area contributed by atoms with Crippen LogP contribution in [0.5, 0.6) is 0 Å². The molecule has 0 aliphatic heterocycles. The third-order valence-corrected chi connectivity index (χ3v) is 15.4. The van der Waals surface area contributed by atoms with Gasteiger partial charge in [0.15, 0.2) is 0 Å². The lowest BCUT2D eigenvalue weighted by Crippen LogP contribution is -2.31. The molecule has 0 unspecified atom stereocenters. The summed E-state index contributed by atoms with van der Waals surface area (Å²) in [4.78, 5) is 19.6. The molecule has 14 rings (SSSR count). The Morgan fingerprint density at radius 2 is 0.455 bits per heavy atom. The van der Waals surface area contributed by atoms with Gasteiger partial charge in [-0.1, -0.05) is 255 Å². The Labute approximate surface area is 447 Å². The topological polar surface area (TPSA) is 51.6 Å². The summed E-state index contributed by atoms with van der Waals surface area (Å²) in [6.45, 7) is 0. The summed E-state index contributed by atoms with van der Waals surface area (Å²) in [5.74, 6) is 0. The summed E-state index contributed by atoms with van der Waals surface area (Å²) in [5.41, 5.74) is 20.9. The standard InChI is InChI=1S/C73H48N4/c1-3-9-49(10-4-1)53-27-37-63(38-28-53)73(64-39-29-54(30-40-64)50-11-5-2-6-12-50,65-41-31-55(32-42-65)51-15-19-57(20-16-51)67-45-35-61-25-23-59-13-7-47-74-69(59)71(61)76-67)66-43-33-56(34-44-66)52-17-21-58(22-18-52)68-46-36-62-26-24-60-14-8-48-75-70(60)72(62)77-68/h1-48H. The number of hydrogen-bond donors (Lipinski definition) is 0. The van der Waals surface area contributed by atoms with Gasteiger partial charge in [0.05, 0.1) is 38.9 Å². The van der Waals surface area contributed by atoms with E-state index in [2.05, 4.69) is 277 Å². The van der Waals surface area contributed by atoms with Gasteiger partial charge in [-0.05, 0) is 91.0 Å². The normalized spacial score (nSPS) is 11.6. The summed E-state index contributed by atoms with van der Waals surface area (Å²) < 4.78 is 0. The van der Waals surface area contributed by atoms with Crippen molar-refractivity contribution < 1.29 is 0 Å². The smallest absolute Gasteiger partial charge is 0.0972 e. The molecule has 0 spiro atoms. The van der Waals surface area contributed by atoms with Gasteiger partial charge >= 0.3 is 0 Å². The molecule has 0 atom stereocenters. The summed E-state index contributed by atoms with van der Waals surface area (Å²) in [7, 11) is 0. The highest BCUT2D eigenvalue weighted by Crippen LogP contribution is 2.47. The second-order valence-electron chi connectivity index (χ2n) is 19.8. The summed E-state index contributed by atoms with van der Waals surface area (Å²) >= 11 is 0. The Kier molecular flexibility index (Phi) is 11.4. The molecule has 0 saturated carbocycles. The fourth-order valence-corrected chi connectivity index (χ4v) is 11.3. The number of fused-ring (bicyclic) bond motifs is 6. The SMILES string of the molecule is c1ccc(-c2ccc(C(c3ccc(-c4ccccc4)cc3)(c3ccc(-c4ccc(-c5ccc6ccc7cccnc7c6n5)cc4)cc3)c3ccc(-c4ccc(-c5ccc6ccc7cccnc7c6n5)cc4)cc3)cc2)cc1. The Balaban J connectivity index is 0.858. The molecule has 4 heteroatoms. The Morgan fingerprint density at radius 3 is 0.779 bits per heavy atom. The molecule has 77 heavy (non-hydrogen) atoms. The van der Waals surface area contributed by atoms with Crippen molar-refractivity contribution in [3.8, 4) is 67.0 Å². The third kappa shape index (κ3) is 8.30. The van der Waals surface area contributed by atoms with E-state index in [0.29, 0.717) is 0 Å². The van der Waals surface area contributed by atoms with Crippen LogP contribution in [0.15, 0.2) is 291 Å². The molecule has 0 aliphatic carbocycles. The monoisotopic (exact) mass is 980 g/mol. The van der Waals surface area contributed by atoms with Crippen LogP contribution in [0.1, 0.15) is 22.3 Å². The Hall–Kier alpha value is -10.2. The van der Waals surface area contributed by atoms with Crippen LogP contribution in [0.4, 0.5) is 0 Å². The first-order chi connectivity index (χ1) is 38.1. The van der Waals surface area contributed by atoms with Crippen LogP contribution < -0.4 is 0 Å². The van der Waals surface area contributed by atoms with Gasteiger partial charge in [-0.3, -0.25) is 9.97 Å². The van der Waals surface area contributed by atoms with E-state index in [-0.39, 0.29) is 0 Å². The first-order valence-electron chi connectivity index (χ1n) is 26.2. The molecule has 14 aromatic rings. The van der Waals surface area contributed by atoms with E-state index in [1.54, 1.807) is 0 Å². The van der Waals surface area contributed by atoms with Crippen molar-refractivity contribution in [1.29, 1.82) is 0 Å². The summed E-state index contributed by atoms with van der Waals surface area (Å²) in [6, 6.07) is 101. The average Bonchev–Trinajstić information content (AvgIpc) is 3.57. The maximum Gasteiger partial charge on any atom is 0.0972 e. The third-order valence-electron chi connectivity index (χ3n) is 15.4. The second kappa shape index (κ2) is 19.3. The molecule has 0 aliphatic rings. The van der Waals surface area contributed by atoms with Crippen molar-refractivity contribution in [2.24, 2.45) is 0 Å². The molecule has 0 amide bonds. The fraction of sp³-hybridized carbons (Fsp3) is 0.0137. The van der Waals surface area contributed by atoms with E-state index >= 15 is 0 Å². The molecule has 0 radical (unpaired) electrons. The van der Waals surface area contributed by atoms with Crippen molar-refractivity contribution in [3.05, 3.63) is 314 Å². The van der Waals surface area contributed by atoms with Crippen molar-refractivity contribution in [1.82, 2.24) is 19.9 Å². The van der Waals surface area contributed by atoms with E-state index in [1.807, 2.05) is 24.5 Å². The molecule has 4 aromatic heterocycles. The van der Waals surface area contributed by atoms with Gasteiger partial charge in [-0.15, -0.1) is 0 Å². The predicted molar refractivity (Wildman–Crippen MR) is 319 cm³/mol. The fourth-order valence-electron chi connectivity index (χ4n) is 11.3. The molecule has 4 nitrogen and oxygen atoms in total. The first kappa shape index (κ1) is 45.5. The highest BCUT2D eigenvalue weighted by molar-refractivity contribution is 6.04. The molecule has 4 heterocycles. The number of nitrogens with zero attached hydrogens (tertiary/aromatic N) is 4. The lowest BCUT2D eigenvalue weighted by Gasteiger charge is -2.37. The number of pyridine rings is 4. The van der Waals surface area contributed by atoms with E-state index in [0.717, 1.165) is 88.4 Å². The van der Waals surface area contributed by atoms with E-state index in [9.17, 15) is 0 Å². The number of hydrogen-bond acceptors (Lipinski definition) is 4. The average molecular weight is 981 g/mol. The van der Waals surface area contributed by atoms with Crippen molar-refractivity contribution in [2.45, 2.75) is 5.41 Å². The van der Waals surface area contributed by atoms with E-state index in [4.69, 9.17) is 9.97 Å². The first-order valence-corrected chi connectivity index (χ1v) is 26.2. The zero-order chi connectivity index (χ0) is 51.1. The molecular formula is C73H48N4. The number of aromatic nitrogens is 4. The minimum Gasteiger partial charge on any atom is -0.254 e. The van der Waals surface area contributed by atoms with Crippen LogP contribution in [0, 0.1) is 0 Å². The van der Waals surface area contributed by atoms with Crippen LogP contribution in [0.2, 0.25) is 0 Å². The number of rotatable bonds is 10. The maximum absolute atomic E-state index is 5.13.